The molecule has 0 aliphatic carbocycles. The van der Waals surface area contributed by atoms with Crippen molar-refractivity contribution in [1.82, 2.24) is 0 Å². The van der Waals surface area contributed by atoms with Gasteiger partial charge in [0.1, 0.15) is 5.75 Å². The van der Waals surface area contributed by atoms with Gasteiger partial charge in [0.2, 0.25) is 0 Å². The summed E-state index contributed by atoms with van der Waals surface area (Å²) in [7, 11) is 0. The van der Waals surface area contributed by atoms with Crippen molar-refractivity contribution in [1.29, 1.82) is 0 Å². The molecule has 0 fully saturated rings. The summed E-state index contributed by atoms with van der Waals surface area (Å²) in [6, 6.07) is 13.8. The zero-order valence-electron chi connectivity index (χ0n) is 13.6. The number of ether oxygens (including phenoxy) is 1. The molecule has 0 spiro atoms. The molecule has 0 bridgehead atoms. The molecule has 0 unspecified atom stereocenters. The molecule has 0 radical (unpaired) electrons. The zero-order chi connectivity index (χ0) is 17.2. The molecule has 24 heavy (non-hydrogen) atoms. The van der Waals surface area contributed by atoms with Crippen molar-refractivity contribution in [2.45, 2.75) is 26.2 Å². The number of anilines is 1. The van der Waals surface area contributed by atoms with E-state index in [1.165, 1.54) is 25.0 Å². The first kappa shape index (κ1) is 17.5. The Morgan fingerprint density at radius 1 is 1.21 bits per heavy atom. The fourth-order valence-electron chi connectivity index (χ4n) is 2.06. The zero-order valence-corrected chi connectivity index (χ0v) is 13.6. The number of nitro groups is 1. The summed E-state index contributed by atoms with van der Waals surface area (Å²) in [6.45, 7) is 2.89. The highest BCUT2D eigenvalue weighted by molar-refractivity contribution is 5.80. The minimum atomic E-state index is -0.436. The summed E-state index contributed by atoms with van der Waals surface area (Å²) in [4.78, 5) is 10.3. The number of hydrazone groups is 1. The Kier molecular flexibility index (Phi) is 6.76. The molecule has 6 heteroatoms. The van der Waals surface area contributed by atoms with E-state index in [-0.39, 0.29) is 5.69 Å². The molecule has 0 atom stereocenters. The Morgan fingerprint density at radius 3 is 2.71 bits per heavy atom. The van der Waals surface area contributed by atoms with Crippen LogP contribution in [0.5, 0.6) is 5.75 Å². The molecule has 126 valence electrons. The summed E-state index contributed by atoms with van der Waals surface area (Å²) in [6.07, 6.45) is 5.07. The van der Waals surface area contributed by atoms with E-state index in [4.69, 9.17) is 4.74 Å². The molecular formula is C18H21N3O3. The Hall–Kier alpha value is -2.89. The van der Waals surface area contributed by atoms with Gasteiger partial charge in [-0.05, 0) is 42.3 Å². The number of hydrogen-bond acceptors (Lipinski definition) is 5. The third-order valence-corrected chi connectivity index (χ3v) is 3.36. The second kappa shape index (κ2) is 9.29. The number of benzene rings is 2. The van der Waals surface area contributed by atoms with Gasteiger partial charge in [0.05, 0.1) is 23.4 Å². The van der Waals surface area contributed by atoms with Crippen molar-refractivity contribution >= 4 is 17.6 Å². The van der Waals surface area contributed by atoms with E-state index >= 15 is 0 Å². The average molecular weight is 327 g/mol. The summed E-state index contributed by atoms with van der Waals surface area (Å²) in [5.74, 6) is 0.842. The van der Waals surface area contributed by atoms with Crippen LogP contribution in [0.3, 0.4) is 0 Å². The normalized spacial score (nSPS) is 10.7. The lowest BCUT2D eigenvalue weighted by Gasteiger charge is -2.05. The molecule has 2 rings (SSSR count). The maximum atomic E-state index is 10.7. The van der Waals surface area contributed by atoms with Crippen LogP contribution in [0.4, 0.5) is 11.4 Å². The van der Waals surface area contributed by atoms with Gasteiger partial charge in [0.25, 0.3) is 5.69 Å². The maximum absolute atomic E-state index is 10.7. The molecule has 0 heterocycles. The number of nitrogens with zero attached hydrogens (tertiary/aromatic N) is 2. The molecular weight excluding hydrogens is 306 g/mol. The molecule has 0 amide bonds. The predicted octanol–water partition coefficient (Wildman–Crippen LogP) is 4.61. The van der Waals surface area contributed by atoms with Gasteiger partial charge in [-0.25, -0.2) is 0 Å². The van der Waals surface area contributed by atoms with Gasteiger partial charge in [-0.2, -0.15) is 5.10 Å². The standard InChI is InChI=1S/C18H21N3O3/c1-2-3-4-12-24-18-10-8-15(9-11-18)14-19-20-16-6-5-7-17(13-16)21(22)23/h5-11,13-14,20H,2-4,12H2,1H3. The summed E-state index contributed by atoms with van der Waals surface area (Å²) in [5, 5.41) is 14.8. The maximum Gasteiger partial charge on any atom is 0.271 e. The van der Waals surface area contributed by atoms with Crippen molar-refractivity contribution in [3.05, 3.63) is 64.2 Å². The topological polar surface area (TPSA) is 76.8 Å². The van der Waals surface area contributed by atoms with Gasteiger partial charge in [-0.3, -0.25) is 15.5 Å². The number of unbranched alkanes of at least 4 members (excludes halogenated alkanes) is 2. The number of nitro benzene ring substituents is 1. The molecule has 0 aliphatic heterocycles. The quantitative estimate of drug-likeness (QED) is 0.316. The predicted molar refractivity (Wildman–Crippen MR) is 95.8 cm³/mol. The first-order valence-electron chi connectivity index (χ1n) is 7.95. The number of rotatable bonds is 9. The molecule has 6 nitrogen and oxygen atoms in total. The lowest BCUT2D eigenvalue weighted by Crippen LogP contribution is -1.97. The highest BCUT2D eigenvalue weighted by Crippen LogP contribution is 2.17. The van der Waals surface area contributed by atoms with E-state index in [1.54, 1.807) is 18.3 Å². The summed E-state index contributed by atoms with van der Waals surface area (Å²) >= 11 is 0. The van der Waals surface area contributed by atoms with Crippen molar-refractivity contribution in [3.8, 4) is 5.75 Å². The largest absolute Gasteiger partial charge is 0.494 e. The second-order valence-corrected chi connectivity index (χ2v) is 5.30. The van der Waals surface area contributed by atoms with E-state index in [9.17, 15) is 10.1 Å². The van der Waals surface area contributed by atoms with Gasteiger partial charge in [0.15, 0.2) is 0 Å². The minimum absolute atomic E-state index is 0.0276. The van der Waals surface area contributed by atoms with Crippen LogP contribution in [0.2, 0.25) is 0 Å². The van der Waals surface area contributed by atoms with Crippen LogP contribution in [-0.2, 0) is 0 Å². The van der Waals surface area contributed by atoms with Crippen LogP contribution in [0, 0.1) is 10.1 Å². The molecule has 1 N–H and O–H groups in total. The Bertz CT molecular complexity index is 684. The number of hydrogen-bond donors (Lipinski definition) is 1. The summed E-state index contributed by atoms with van der Waals surface area (Å²) < 4.78 is 5.65. The first-order valence-corrected chi connectivity index (χ1v) is 7.95. The van der Waals surface area contributed by atoms with E-state index in [0.29, 0.717) is 5.69 Å². The van der Waals surface area contributed by atoms with Crippen LogP contribution in [0.25, 0.3) is 0 Å². The average Bonchev–Trinajstić information content (AvgIpc) is 2.60. The number of non-ortho nitro benzene ring substituents is 1. The highest BCUT2D eigenvalue weighted by Gasteiger charge is 2.04. The first-order chi connectivity index (χ1) is 11.7. The second-order valence-electron chi connectivity index (χ2n) is 5.30. The molecule has 0 saturated carbocycles. The van der Waals surface area contributed by atoms with Gasteiger partial charge < -0.3 is 4.74 Å². The molecule has 2 aromatic rings. The van der Waals surface area contributed by atoms with Gasteiger partial charge in [-0.15, -0.1) is 0 Å². The van der Waals surface area contributed by atoms with Crippen molar-refractivity contribution < 1.29 is 9.66 Å². The van der Waals surface area contributed by atoms with E-state index in [1.807, 2.05) is 24.3 Å². The molecule has 0 saturated heterocycles. The van der Waals surface area contributed by atoms with Gasteiger partial charge >= 0.3 is 0 Å². The van der Waals surface area contributed by atoms with E-state index in [0.717, 1.165) is 24.3 Å². The fraction of sp³-hybridized carbons (Fsp3) is 0.278. The minimum Gasteiger partial charge on any atom is -0.494 e. The summed E-state index contributed by atoms with van der Waals surface area (Å²) in [5.41, 5.74) is 4.29. The number of nitrogens with one attached hydrogen (secondary N) is 1. The van der Waals surface area contributed by atoms with Gasteiger partial charge in [0, 0.05) is 12.1 Å². The third kappa shape index (κ3) is 5.72. The monoisotopic (exact) mass is 327 g/mol. The lowest BCUT2D eigenvalue weighted by molar-refractivity contribution is -0.384. The lowest BCUT2D eigenvalue weighted by atomic mass is 10.2. The Balaban J connectivity index is 1.85. The Labute approximate surface area is 141 Å². The van der Waals surface area contributed by atoms with E-state index < -0.39 is 4.92 Å². The smallest absolute Gasteiger partial charge is 0.271 e. The van der Waals surface area contributed by atoms with Crippen LogP contribution in [-0.4, -0.2) is 17.7 Å². The van der Waals surface area contributed by atoms with Crippen molar-refractivity contribution in [2.75, 3.05) is 12.0 Å². The van der Waals surface area contributed by atoms with Crippen molar-refractivity contribution in [2.24, 2.45) is 5.10 Å². The SMILES string of the molecule is CCCCCOc1ccc(C=NNc2cccc([N+](=O)[O-])c2)cc1. The molecule has 0 aromatic heterocycles. The highest BCUT2D eigenvalue weighted by atomic mass is 16.6. The van der Waals surface area contributed by atoms with Crippen LogP contribution in [0.1, 0.15) is 31.7 Å². The van der Waals surface area contributed by atoms with Crippen molar-refractivity contribution in [3.63, 3.8) is 0 Å². The van der Waals surface area contributed by atoms with E-state index in [2.05, 4.69) is 17.5 Å². The van der Waals surface area contributed by atoms with Crippen LogP contribution < -0.4 is 10.2 Å². The molecule has 2 aromatic carbocycles. The van der Waals surface area contributed by atoms with Crippen LogP contribution >= 0.6 is 0 Å². The fourth-order valence-corrected chi connectivity index (χ4v) is 2.06. The Morgan fingerprint density at radius 2 is 2.00 bits per heavy atom. The molecule has 0 aliphatic rings. The van der Waals surface area contributed by atoms with Crippen LogP contribution in [0.15, 0.2) is 53.6 Å². The third-order valence-electron chi connectivity index (χ3n) is 3.36. The van der Waals surface area contributed by atoms with Gasteiger partial charge in [-0.1, -0.05) is 25.8 Å².